The molecule has 0 aliphatic rings. The average molecular weight is 191 g/mol. The van der Waals surface area contributed by atoms with E-state index in [-0.39, 0.29) is 12.0 Å². The molecule has 0 spiro atoms. The highest BCUT2D eigenvalue weighted by Gasteiger charge is 2.12. The molecule has 0 amide bonds. The number of hydrogen-bond acceptors (Lipinski definition) is 2. The summed E-state index contributed by atoms with van der Waals surface area (Å²) in [7, 11) is 0. The first-order valence-electron chi connectivity index (χ1n) is 4.62. The normalized spacial score (nSPS) is 11.1. The summed E-state index contributed by atoms with van der Waals surface area (Å²) in [6.07, 6.45) is 1.69. The second-order valence-corrected chi connectivity index (χ2v) is 4.21. The van der Waals surface area contributed by atoms with Crippen molar-refractivity contribution >= 4 is 6.29 Å². The zero-order chi connectivity index (χ0) is 10.6. The van der Waals surface area contributed by atoms with Crippen LogP contribution in [0.3, 0.4) is 0 Å². The summed E-state index contributed by atoms with van der Waals surface area (Å²) in [4.78, 5) is 9.95. The van der Waals surface area contributed by atoms with Crippen molar-refractivity contribution in [3.63, 3.8) is 0 Å². The Balaban J connectivity index is 2.73. The Morgan fingerprint density at radius 2 is 1.79 bits per heavy atom. The van der Waals surface area contributed by atoms with E-state index in [1.165, 1.54) is 5.56 Å². The minimum absolute atomic E-state index is 0.00509. The monoisotopic (exact) mass is 191 g/mol. The van der Waals surface area contributed by atoms with Crippen LogP contribution in [0, 0.1) is 0 Å². The summed E-state index contributed by atoms with van der Waals surface area (Å²) < 4.78 is 5.10. The number of rotatable bonds is 3. The van der Waals surface area contributed by atoms with Crippen LogP contribution in [0.15, 0.2) is 24.3 Å². The molecule has 2 heteroatoms. The van der Waals surface area contributed by atoms with Crippen LogP contribution in [0.2, 0.25) is 0 Å². The first-order valence-corrected chi connectivity index (χ1v) is 4.62. The molecule has 75 valence electrons. The molecule has 0 aliphatic heterocycles. The molecule has 0 aromatic heterocycles. The van der Waals surface area contributed by atoms with Crippen molar-refractivity contribution in [2.45, 2.75) is 26.2 Å². The maximum Gasteiger partial charge on any atom is 0.239 e. The predicted octanol–water partition coefficient (Wildman–Crippen LogP) is 2.47. The highest BCUT2D eigenvalue weighted by atomic mass is 16.5. The van der Waals surface area contributed by atoms with Gasteiger partial charge in [0.1, 0.15) is 5.75 Å². The quantitative estimate of drug-likeness (QED) is 0.733. The Morgan fingerprint density at radius 3 is 2.21 bits per heavy atom. The average Bonchev–Trinajstić information content (AvgIpc) is 2.14. The molecule has 1 aromatic rings. The van der Waals surface area contributed by atoms with Crippen LogP contribution < -0.4 is 4.74 Å². The van der Waals surface area contributed by atoms with E-state index in [1.807, 2.05) is 24.3 Å². The molecule has 0 fully saturated rings. The topological polar surface area (TPSA) is 26.3 Å². The third kappa shape index (κ3) is 2.87. The molecule has 2 nitrogen and oxygen atoms in total. The van der Waals surface area contributed by atoms with Crippen molar-refractivity contribution in [3.8, 4) is 5.75 Å². The van der Waals surface area contributed by atoms with Crippen LogP contribution in [0.25, 0.3) is 0 Å². The van der Waals surface area contributed by atoms with Gasteiger partial charge in [-0.15, -0.1) is 0 Å². The summed E-state index contributed by atoms with van der Waals surface area (Å²) in [5, 5.41) is 0. The summed E-state index contributed by atoms with van der Waals surface area (Å²) in [6, 6.07) is 7.77. The molecule has 0 saturated carbocycles. The number of carbonyl (C=O) groups excluding carboxylic acids is 1. The second kappa shape index (κ2) is 4.27. The van der Waals surface area contributed by atoms with Crippen molar-refractivity contribution < 1.29 is 9.53 Å². The van der Waals surface area contributed by atoms with Gasteiger partial charge in [-0.25, -0.2) is 0 Å². The summed E-state index contributed by atoms with van der Waals surface area (Å²) in [6.45, 7) is 6.46. The van der Waals surface area contributed by atoms with E-state index in [0.717, 1.165) is 0 Å². The fourth-order valence-corrected chi connectivity index (χ4v) is 1.16. The molecular formula is C12H15O2. The van der Waals surface area contributed by atoms with Crippen molar-refractivity contribution in [1.29, 1.82) is 0 Å². The molecule has 1 rings (SSSR count). The maximum atomic E-state index is 9.95. The molecule has 14 heavy (non-hydrogen) atoms. The van der Waals surface area contributed by atoms with Gasteiger partial charge in [-0.1, -0.05) is 32.9 Å². The van der Waals surface area contributed by atoms with E-state index in [9.17, 15) is 4.79 Å². The Kier molecular flexibility index (Phi) is 3.28. The first kappa shape index (κ1) is 10.8. The van der Waals surface area contributed by atoms with Crippen molar-refractivity contribution in [2.75, 3.05) is 6.61 Å². The lowest BCUT2D eigenvalue weighted by molar-refractivity contribution is 0.364. The minimum atomic E-state index is -0.00509. The lowest BCUT2D eigenvalue weighted by atomic mass is 9.87. The van der Waals surface area contributed by atoms with Gasteiger partial charge in [-0.3, -0.25) is 4.79 Å². The van der Waals surface area contributed by atoms with E-state index in [2.05, 4.69) is 20.8 Å². The molecule has 0 atom stereocenters. The smallest absolute Gasteiger partial charge is 0.239 e. The molecule has 0 unspecified atom stereocenters. The van der Waals surface area contributed by atoms with Gasteiger partial charge >= 0.3 is 0 Å². The third-order valence-corrected chi connectivity index (χ3v) is 2.02. The fraction of sp³-hybridized carbons (Fsp3) is 0.417. The maximum absolute atomic E-state index is 9.95. The lowest BCUT2D eigenvalue weighted by Crippen LogP contribution is -2.10. The molecule has 0 N–H and O–H groups in total. The van der Waals surface area contributed by atoms with Gasteiger partial charge in [-0.2, -0.15) is 0 Å². The summed E-state index contributed by atoms with van der Waals surface area (Å²) >= 11 is 0. The van der Waals surface area contributed by atoms with Gasteiger partial charge in [0.05, 0.1) is 0 Å². The van der Waals surface area contributed by atoms with Gasteiger partial charge in [0.25, 0.3) is 0 Å². The van der Waals surface area contributed by atoms with E-state index in [0.29, 0.717) is 5.75 Å². The third-order valence-electron chi connectivity index (χ3n) is 2.02. The molecule has 1 radical (unpaired) electrons. The minimum Gasteiger partial charge on any atom is -0.485 e. The molecule has 0 aliphatic carbocycles. The van der Waals surface area contributed by atoms with Crippen LogP contribution in [-0.2, 0) is 10.2 Å². The molecular weight excluding hydrogens is 176 g/mol. The molecule has 0 bridgehead atoms. The largest absolute Gasteiger partial charge is 0.485 e. The van der Waals surface area contributed by atoms with Crippen molar-refractivity contribution in [1.82, 2.24) is 0 Å². The van der Waals surface area contributed by atoms with Gasteiger partial charge in [0.15, 0.2) is 6.61 Å². The SMILES string of the molecule is CC(C)(C)c1ccc(OC[C]=O)cc1. The van der Waals surface area contributed by atoms with Crippen LogP contribution >= 0.6 is 0 Å². The number of benzene rings is 1. The number of hydrogen-bond donors (Lipinski definition) is 0. The first-order chi connectivity index (χ1) is 6.54. The molecule has 0 heterocycles. The fourth-order valence-electron chi connectivity index (χ4n) is 1.16. The van der Waals surface area contributed by atoms with Crippen LogP contribution in [0.5, 0.6) is 5.75 Å². The van der Waals surface area contributed by atoms with Gasteiger partial charge in [-0.05, 0) is 23.1 Å². The van der Waals surface area contributed by atoms with E-state index in [4.69, 9.17) is 4.74 Å². The van der Waals surface area contributed by atoms with Crippen LogP contribution in [-0.4, -0.2) is 12.9 Å². The molecule has 1 aromatic carbocycles. The standard InChI is InChI=1S/C12H15O2/c1-12(2,3)10-4-6-11(7-5-10)14-9-8-13/h4-7H,9H2,1-3H3. The Labute approximate surface area is 84.9 Å². The van der Waals surface area contributed by atoms with Crippen LogP contribution in [0.4, 0.5) is 0 Å². The highest BCUT2D eigenvalue weighted by Crippen LogP contribution is 2.24. The molecule has 0 saturated heterocycles. The summed E-state index contributed by atoms with van der Waals surface area (Å²) in [5.41, 5.74) is 1.40. The van der Waals surface area contributed by atoms with Gasteiger partial charge in [0.2, 0.25) is 6.29 Å². The Hall–Kier alpha value is -1.31. The Morgan fingerprint density at radius 1 is 1.21 bits per heavy atom. The number of ether oxygens (including phenoxy) is 1. The predicted molar refractivity (Wildman–Crippen MR) is 56.3 cm³/mol. The van der Waals surface area contributed by atoms with Crippen molar-refractivity contribution in [3.05, 3.63) is 29.8 Å². The van der Waals surface area contributed by atoms with E-state index in [1.54, 1.807) is 6.29 Å². The zero-order valence-corrected chi connectivity index (χ0v) is 8.83. The zero-order valence-electron chi connectivity index (χ0n) is 8.83. The van der Waals surface area contributed by atoms with Gasteiger partial charge < -0.3 is 4.74 Å². The summed E-state index contributed by atoms with van der Waals surface area (Å²) in [5.74, 6) is 0.710. The van der Waals surface area contributed by atoms with Crippen molar-refractivity contribution in [2.24, 2.45) is 0 Å². The van der Waals surface area contributed by atoms with E-state index >= 15 is 0 Å². The second-order valence-electron chi connectivity index (χ2n) is 4.21. The highest BCUT2D eigenvalue weighted by molar-refractivity contribution is 5.52. The lowest BCUT2D eigenvalue weighted by Gasteiger charge is -2.18. The Bertz CT molecular complexity index is 293. The van der Waals surface area contributed by atoms with Crippen LogP contribution in [0.1, 0.15) is 26.3 Å². The van der Waals surface area contributed by atoms with E-state index < -0.39 is 0 Å². The van der Waals surface area contributed by atoms with Gasteiger partial charge in [0, 0.05) is 0 Å².